The number of rotatable bonds is 2. The quantitative estimate of drug-likeness (QED) is 0.834. The molecule has 0 unspecified atom stereocenters. The second-order valence-corrected chi connectivity index (χ2v) is 5.48. The SMILES string of the molecule is O=C1c2ccccc2C(=O)N1Cc1cc2c(nn1)CCNC2. The molecule has 2 aliphatic heterocycles. The summed E-state index contributed by atoms with van der Waals surface area (Å²) in [6.07, 6.45) is 0.857. The van der Waals surface area contributed by atoms with Gasteiger partial charge < -0.3 is 5.32 Å². The fourth-order valence-electron chi connectivity index (χ4n) is 2.92. The first-order valence-electron chi connectivity index (χ1n) is 7.24. The maximum absolute atomic E-state index is 12.3. The molecule has 1 aromatic carbocycles. The average molecular weight is 294 g/mol. The van der Waals surface area contributed by atoms with E-state index in [9.17, 15) is 9.59 Å². The van der Waals surface area contributed by atoms with Crippen LogP contribution in [-0.4, -0.2) is 33.5 Å². The molecule has 2 aromatic rings. The topological polar surface area (TPSA) is 75.2 Å². The van der Waals surface area contributed by atoms with Gasteiger partial charge in [0.15, 0.2) is 0 Å². The minimum Gasteiger partial charge on any atom is -0.312 e. The normalized spacial score (nSPS) is 16.6. The van der Waals surface area contributed by atoms with Crippen molar-refractivity contribution in [2.75, 3.05) is 6.54 Å². The number of amides is 2. The van der Waals surface area contributed by atoms with E-state index in [1.165, 1.54) is 4.90 Å². The van der Waals surface area contributed by atoms with Crippen LogP contribution in [0.15, 0.2) is 30.3 Å². The van der Waals surface area contributed by atoms with E-state index in [0.717, 1.165) is 30.8 Å². The van der Waals surface area contributed by atoms with E-state index in [1.807, 2.05) is 6.07 Å². The number of imide groups is 1. The maximum Gasteiger partial charge on any atom is 0.261 e. The fourth-order valence-corrected chi connectivity index (χ4v) is 2.92. The van der Waals surface area contributed by atoms with E-state index in [4.69, 9.17) is 0 Å². The van der Waals surface area contributed by atoms with E-state index in [2.05, 4.69) is 15.5 Å². The zero-order valence-electron chi connectivity index (χ0n) is 11.9. The third kappa shape index (κ3) is 2.00. The number of aromatic nitrogens is 2. The molecular weight excluding hydrogens is 280 g/mol. The molecule has 0 spiro atoms. The van der Waals surface area contributed by atoms with Crippen molar-refractivity contribution in [2.24, 2.45) is 0 Å². The molecule has 110 valence electrons. The number of carbonyl (C=O) groups is 2. The van der Waals surface area contributed by atoms with Crippen LogP contribution in [0.25, 0.3) is 0 Å². The van der Waals surface area contributed by atoms with Crippen LogP contribution in [-0.2, 0) is 19.5 Å². The Morgan fingerprint density at radius 3 is 2.55 bits per heavy atom. The van der Waals surface area contributed by atoms with Gasteiger partial charge in [-0.2, -0.15) is 10.2 Å². The van der Waals surface area contributed by atoms with Crippen molar-refractivity contribution in [3.05, 3.63) is 58.4 Å². The zero-order chi connectivity index (χ0) is 15.1. The van der Waals surface area contributed by atoms with Gasteiger partial charge in [0.2, 0.25) is 0 Å². The van der Waals surface area contributed by atoms with Crippen molar-refractivity contribution in [3.8, 4) is 0 Å². The monoisotopic (exact) mass is 294 g/mol. The first-order chi connectivity index (χ1) is 10.7. The summed E-state index contributed by atoms with van der Waals surface area (Å²) >= 11 is 0. The molecule has 0 fully saturated rings. The van der Waals surface area contributed by atoms with Crippen molar-refractivity contribution in [1.29, 1.82) is 0 Å². The van der Waals surface area contributed by atoms with E-state index in [1.54, 1.807) is 24.3 Å². The van der Waals surface area contributed by atoms with Gasteiger partial charge in [0, 0.05) is 19.5 Å². The Hall–Kier alpha value is -2.60. The minimum absolute atomic E-state index is 0.159. The van der Waals surface area contributed by atoms with E-state index in [0.29, 0.717) is 16.8 Å². The second-order valence-electron chi connectivity index (χ2n) is 5.48. The molecule has 1 aromatic heterocycles. The summed E-state index contributed by atoms with van der Waals surface area (Å²) in [6, 6.07) is 8.81. The number of benzene rings is 1. The van der Waals surface area contributed by atoms with Gasteiger partial charge in [-0.25, -0.2) is 0 Å². The van der Waals surface area contributed by atoms with Crippen LogP contribution >= 0.6 is 0 Å². The number of nitrogens with zero attached hydrogens (tertiary/aromatic N) is 3. The summed E-state index contributed by atoms with van der Waals surface area (Å²) < 4.78 is 0. The highest BCUT2D eigenvalue weighted by molar-refractivity contribution is 6.21. The first-order valence-corrected chi connectivity index (χ1v) is 7.24. The van der Waals surface area contributed by atoms with Crippen LogP contribution in [0.5, 0.6) is 0 Å². The Morgan fingerprint density at radius 2 is 1.82 bits per heavy atom. The van der Waals surface area contributed by atoms with E-state index in [-0.39, 0.29) is 18.4 Å². The summed E-state index contributed by atoms with van der Waals surface area (Å²) in [5.74, 6) is -0.531. The minimum atomic E-state index is -0.266. The lowest BCUT2D eigenvalue weighted by molar-refractivity contribution is 0.0640. The Kier molecular flexibility index (Phi) is 2.97. The summed E-state index contributed by atoms with van der Waals surface area (Å²) in [4.78, 5) is 25.9. The van der Waals surface area contributed by atoms with Crippen LogP contribution in [0.1, 0.15) is 37.7 Å². The van der Waals surface area contributed by atoms with Crippen molar-refractivity contribution >= 4 is 11.8 Å². The van der Waals surface area contributed by atoms with Gasteiger partial charge in [-0.15, -0.1) is 0 Å². The van der Waals surface area contributed by atoms with Crippen LogP contribution < -0.4 is 5.32 Å². The molecule has 0 radical (unpaired) electrons. The fraction of sp³-hybridized carbons (Fsp3) is 0.250. The van der Waals surface area contributed by atoms with Gasteiger partial charge >= 0.3 is 0 Å². The second kappa shape index (κ2) is 4.99. The molecule has 6 heteroatoms. The lowest BCUT2D eigenvalue weighted by atomic mass is 10.1. The molecule has 1 N–H and O–H groups in total. The third-order valence-electron chi connectivity index (χ3n) is 4.06. The molecule has 0 atom stereocenters. The van der Waals surface area contributed by atoms with Crippen molar-refractivity contribution in [3.63, 3.8) is 0 Å². The number of nitrogens with one attached hydrogen (secondary N) is 1. The molecule has 0 saturated heterocycles. The Labute approximate surface area is 127 Å². The van der Waals surface area contributed by atoms with Gasteiger partial charge in [0.25, 0.3) is 11.8 Å². The van der Waals surface area contributed by atoms with Crippen molar-refractivity contribution in [1.82, 2.24) is 20.4 Å². The van der Waals surface area contributed by atoms with Crippen LogP contribution in [0.3, 0.4) is 0 Å². The van der Waals surface area contributed by atoms with Gasteiger partial charge in [-0.05, 0) is 23.8 Å². The lowest BCUT2D eigenvalue weighted by Gasteiger charge is -2.17. The molecule has 6 nitrogen and oxygen atoms in total. The summed E-state index contributed by atoms with van der Waals surface area (Å²) in [5.41, 5.74) is 3.63. The van der Waals surface area contributed by atoms with Gasteiger partial charge in [-0.3, -0.25) is 14.5 Å². The number of hydrogen-bond acceptors (Lipinski definition) is 5. The highest BCUT2D eigenvalue weighted by Crippen LogP contribution is 2.24. The van der Waals surface area contributed by atoms with Gasteiger partial charge in [0.1, 0.15) is 0 Å². The highest BCUT2D eigenvalue weighted by atomic mass is 16.2. The van der Waals surface area contributed by atoms with Crippen molar-refractivity contribution < 1.29 is 9.59 Å². The van der Waals surface area contributed by atoms with Crippen LogP contribution in [0.4, 0.5) is 0 Å². The number of hydrogen-bond donors (Lipinski definition) is 1. The summed E-state index contributed by atoms with van der Waals surface area (Å²) in [5, 5.41) is 11.7. The Balaban J connectivity index is 1.62. The van der Waals surface area contributed by atoms with Gasteiger partial charge in [0.05, 0.1) is 29.1 Å². The Bertz CT molecular complexity index is 752. The molecule has 3 heterocycles. The van der Waals surface area contributed by atoms with E-state index >= 15 is 0 Å². The standard InChI is InChI=1S/C16H14N4O2/c21-15-12-3-1-2-4-13(12)16(22)20(15)9-11-7-10-8-17-6-5-14(10)19-18-11/h1-4,7,17H,5-6,8-9H2. The molecule has 2 amide bonds. The number of carbonyl (C=O) groups excluding carboxylic acids is 2. The van der Waals surface area contributed by atoms with Crippen molar-refractivity contribution in [2.45, 2.75) is 19.5 Å². The smallest absolute Gasteiger partial charge is 0.261 e. The molecule has 22 heavy (non-hydrogen) atoms. The third-order valence-corrected chi connectivity index (χ3v) is 4.06. The molecule has 4 rings (SSSR count). The van der Waals surface area contributed by atoms with Crippen LogP contribution in [0, 0.1) is 0 Å². The number of fused-ring (bicyclic) bond motifs is 2. The largest absolute Gasteiger partial charge is 0.312 e. The predicted molar refractivity (Wildman–Crippen MR) is 78.1 cm³/mol. The zero-order valence-corrected chi connectivity index (χ0v) is 11.9. The Morgan fingerprint density at radius 1 is 1.09 bits per heavy atom. The highest BCUT2D eigenvalue weighted by Gasteiger charge is 2.35. The first kappa shape index (κ1) is 13.1. The summed E-state index contributed by atoms with van der Waals surface area (Å²) in [6.45, 7) is 1.81. The molecule has 2 aliphatic rings. The molecular formula is C16H14N4O2. The molecule has 0 saturated carbocycles. The van der Waals surface area contributed by atoms with Gasteiger partial charge in [-0.1, -0.05) is 12.1 Å². The lowest BCUT2D eigenvalue weighted by Crippen LogP contribution is -2.30. The maximum atomic E-state index is 12.3. The average Bonchev–Trinajstić information content (AvgIpc) is 2.80. The predicted octanol–water partition coefficient (Wildman–Crippen LogP) is 0.919. The van der Waals surface area contributed by atoms with Crippen LogP contribution in [0.2, 0.25) is 0 Å². The summed E-state index contributed by atoms with van der Waals surface area (Å²) in [7, 11) is 0. The molecule has 0 bridgehead atoms. The van der Waals surface area contributed by atoms with E-state index < -0.39 is 0 Å². The molecule has 0 aliphatic carbocycles.